The van der Waals surface area contributed by atoms with Crippen molar-refractivity contribution in [2.45, 2.75) is 52.2 Å². The lowest BCUT2D eigenvalue weighted by Gasteiger charge is -2.29. The van der Waals surface area contributed by atoms with E-state index in [1.54, 1.807) is 35.2 Å². The van der Waals surface area contributed by atoms with Gasteiger partial charge < -0.3 is 19.5 Å². The molecule has 0 aliphatic heterocycles. The highest BCUT2D eigenvalue weighted by Crippen LogP contribution is 2.24. The van der Waals surface area contributed by atoms with Crippen LogP contribution in [0.1, 0.15) is 60.3 Å². The first kappa shape index (κ1) is 29.2. The van der Waals surface area contributed by atoms with Crippen LogP contribution >= 0.6 is 11.6 Å². The third kappa shape index (κ3) is 8.33. The molecule has 0 spiro atoms. The Kier molecular flexibility index (Phi) is 9.95. The number of amides is 1. The van der Waals surface area contributed by atoms with Crippen LogP contribution in [0.25, 0.3) is 11.1 Å². The predicted octanol–water partition coefficient (Wildman–Crippen LogP) is 7.01. The SMILES string of the molecule is COC(=O)c1ccc(-c2ccc(CCCN(C[C@H](O)c3cccc(Cl)c3)C(=O)OC(C)(C)C)cc2)cc1C. The first-order valence-corrected chi connectivity index (χ1v) is 13.0. The number of ether oxygens (including phenoxy) is 2. The van der Waals surface area contributed by atoms with Gasteiger partial charge in [-0.05, 0) is 86.6 Å². The lowest BCUT2D eigenvalue weighted by molar-refractivity contribution is 0.0142. The van der Waals surface area contributed by atoms with Gasteiger partial charge in [0.15, 0.2) is 0 Å². The van der Waals surface area contributed by atoms with E-state index >= 15 is 0 Å². The number of hydrogen-bond acceptors (Lipinski definition) is 5. The Morgan fingerprint density at radius 1 is 1.00 bits per heavy atom. The van der Waals surface area contributed by atoms with Gasteiger partial charge in [0.1, 0.15) is 5.60 Å². The fraction of sp³-hybridized carbons (Fsp3) is 0.355. The summed E-state index contributed by atoms with van der Waals surface area (Å²) >= 11 is 6.07. The van der Waals surface area contributed by atoms with Gasteiger partial charge >= 0.3 is 12.1 Å². The standard InChI is InChI=1S/C31H36ClNO5/c1-21-18-24(15-16-27(21)29(35)37-5)23-13-11-22(12-14-23)8-7-17-33(30(36)38-31(2,3)4)20-28(34)25-9-6-10-26(32)19-25/h6,9-16,18-19,28,34H,7-8,17,20H2,1-5H3/t28-/m0/s1. The van der Waals surface area contributed by atoms with E-state index in [0.717, 1.165) is 28.7 Å². The Morgan fingerprint density at radius 3 is 2.29 bits per heavy atom. The number of carbonyl (C=O) groups excluding carboxylic acids is 2. The van der Waals surface area contributed by atoms with Crippen LogP contribution in [0.4, 0.5) is 4.79 Å². The number of aliphatic hydroxyl groups is 1. The molecule has 1 N–H and O–H groups in total. The molecule has 0 aliphatic rings. The van der Waals surface area contributed by atoms with Gasteiger partial charge in [0, 0.05) is 11.6 Å². The van der Waals surface area contributed by atoms with Crippen molar-refractivity contribution in [3.8, 4) is 11.1 Å². The number of aliphatic hydroxyl groups excluding tert-OH is 1. The second-order valence-corrected chi connectivity index (χ2v) is 10.8. The van der Waals surface area contributed by atoms with Crippen LogP contribution < -0.4 is 0 Å². The van der Waals surface area contributed by atoms with Crippen LogP contribution in [-0.2, 0) is 15.9 Å². The Balaban J connectivity index is 1.64. The van der Waals surface area contributed by atoms with E-state index in [1.165, 1.54) is 7.11 Å². The third-order valence-corrected chi connectivity index (χ3v) is 6.33. The Bertz CT molecular complexity index is 1250. The summed E-state index contributed by atoms with van der Waals surface area (Å²) in [7, 11) is 1.38. The number of carbonyl (C=O) groups is 2. The fourth-order valence-electron chi connectivity index (χ4n) is 4.13. The van der Waals surface area contributed by atoms with Crippen molar-refractivity contribution in [2.24, 2.45) is 0 Å². The van der Waals surface area contributed by atoms with Gasteiger partial charge in [0.25, 0.3) is 0 Å². The molecule has 0 radical (unpaired) electrons. The van der Waals surface area contributed by atoms with E-state index in [0.29, 0.717) is 29.1 Å². The van der Waals surface area contributed by atoms with E-state index in [2.05, 4.69) is 24.3 Å². The van der Waals surface area contributed by atoms with Crippen LogP contribution in [0.2, 0.25) is 5.02 Å². The average Bonchev–Trinajstić information content (AvgIpc) is 2.87. The summed E-state index contributed by atoms with van der Waals surface area (Å²) in [5.41, 5.74) is 4.64. The number of nitrogens with zero attached hydrogens (tertiary/aromatic N) is 1. The summed E-state index contributed by atoms with van der Waals surface area (Å²) in [6, 6.07) is 20.9. The molecule has 0 saturated carbocycles. The third-order valence-electron chi connectivity index (χ3n) is 6.09. The summed E-state index contributed by atoms with van der Waals surface area (Å²) in [5, 5.41) is 11.3. The molecule has 0 aliphatic carbocycles. The summed E-state index contributed by atoms with van der Waals surface area (Å²) in [6.07, 6.45) is 0.121. The number of aryl methyl sites for hydroxylation is 2. The maximum atomic E-state index is 12.9. The summed E-state index contributed by atoms with van der Waals surface area (Å²) < 4.78 is 10.4. The lowest BCUT2D eigenvalue weighted by atomic mass is 9.98. The second-order valence-electron chi connectivity index (χ2n) is 10.3. The van der Waals surface area contributed by atoms with Gasteiger partial charge in [-0.15, -0.1) is 0 Å². The maximum absolute atomic E-state index is 12.9. The fourth-order valence-corrected chi connectivity index (χ4v) is 4.33. The highest BCUT2D eigenvalue weighted by molar-refractivity contribution is 6.30. The molecule has 0 unspecified atom stereocenters. The van der Waals surface area contributed by atoms with Crippen LogP contribution in [0, 0.1) is 6.92 Å². The molecule has 0 bridgehead atoms. The Hall–Kier alpha value is -3.35. The van der Waals surface area contributed by atoms with Crippen LogP contribution in [0.15, 0.2) is 66.7 Å². The van der Waals surface area contributed by atoms with E-state index in [9.17, 15) is 14.7 Å². The topological polar surface area (TPSA) is 76.1 Å². The van der Waals surface area contributed by atoms with Crippen LogP contribution in [0.5, 0.6) is 0 Å². The van der Waals surface area contributed by atoms with Crippen LogP contribution in [0.3, 0.4) is 0 Å². The van der Waals surface area contributed by atoms with Crippen molar-refractivity contribution in [2.75, 3.05) is 20.2 Å². The van der Waals surface area contributed by atoms with Gasteiger partial charge in [-0.3, -0.25) is 0 Å². The zero-order chi connectivity index (χ0) is 27.9. The van der Waals surface area contributed by atoms with E-state index in [-0.39, 0.29) is 12.5 Å². The van der Waals surface area contributed by atoms with Crippen molar-refractivity contribution in [3.63, 3.8) is 0 Å². The van der Waals surface area contributed by atoms with Crippen molar-refractivity contribution in [1.82, 2.24) is 4.90 Å². The molecule has 0 saturated heterocycles. The molecule has 0 heterocycles. The number of methoxy groups -OCH3 is 1. The minimum atomic E-state index is -0.880. The molecule has 3 aromatic rings. The van der Waals surface area contributed by atoms with Crippen LogP contribution in [-0.4, -0.2) is 47.9 Å². The van der Waals surface area contributed by atoms with Crippen molar-refractivity contribution >= 4 is 23.7 Å². The number of esters is 1. The summed E-state index contributed by atoms with van der Waals surface area (Å²) in [5.74, 6) is -0.343. The molecular formula is C31H36ClNO5. The summed E-state index contributed by atoms with van der Waals surface area (Å²) in [6.45, 7) is 7.90. The number of rotatable bonds is 9. The smallest absolute Gasteiger partial charge is 0.410 e. The van der Waals surface area contributed by atoms with Crippen molar-refractivity contribution in [3.05, 3.63) is 94.0 Å². The molecule has 0 fully saturated rings. The average molecular weight is 538 g/mol. The van der Waals surface area contributed by atoms with Gasteiger partial charge in [0.2, 0.25) is 0 Å². The maximum Gasteiger partial charge on any atom is 0.410 e. The number of benzene rings is 3. The molecule has 3 rings (SSSR count). The molecule has 38 heavy (non-hydrogen) atoms. The van der Waals surface area contributed by atoms with E-state index < -0.39 is 17.8 Å². The van der Waals surface area contributed by atoms with E-state index in [1.807, 2.05) is 39.8 Å². The minimum absolute atomic E-state index is 0.106. The quantitative estimate of drug-likeness (QED) is 0.297. The zero-order valence-electron chi connectivity index (χ0n) is 22.7. The van der Waals surface area contributed by atoms with E-state index in [4.69, 9.17) is 21.1 Å². The molecule has 7 heteroatoms. The minimum Gasteiger partial charge on any atom is -0.465 e. The predicted molar refractivity (Wildman–Crippen MR) is 150 cm³/mol. The van der Waals surface area contributed by atoms with Crippen molar-refractivity contribution < 1.29 is 24.2 Å². The molecule has 1 atom stereocenters. The monoisotopic (exact) mass is 537 g/mol. The molecule has 6 nitrogen and oxygen atoms in total. The van der Waals surface area contributed by atoms with Gasteiger partial charge in [-0.2, -0.15) is 0 Å². The second kappa shape index (κ2) is 12.9. The number of halogens is 1. The lowest BCUT2D eigenvalue weighted by Crippen LogP contribution is -2.40. The molecule has 0 aromatic heterocycles. The van der Waals surface area contributed by atoms with Gasteiger partial charge in [-0.25, -0.2) is 9.59 Å². The normalized spacial score (nSPS) is 12.1. The van der Waals surface area contributed by atoms with Gasteiger partial charge in [0.05, 0.1) is 25.3 Å². The first-order valence-electron chi connectivity index (χ1n) is 12.7. The first-order chi connectivity index (χ1) is 18.0. The highest BCUT2D eigenvalue weighted by atomic mass is 35.5. The molecule has 1 amide bonds. The summed E-state index contributed by atoms with van der Waals surface area (Å²) in [4.78, 5) is 26.3. The highest BCUT2D eigenvalue weighted by Gasteiger charge is 2.24. The van der Waals surface area contributed by atoms with Crippen molar-refractivity contribution in [1.29, 1.82) is 0 Å². The largest absolute Gasteiger partial charge is 0.465 e. The number of hydrogen-bond donors (Lipinski definition) is 1. The molecule has 202 valence electrons. The molecule has 3 aromatic carbocycles. The molecular weight excluding hydrogens is 502 g/mol. The van der Waals surface area contributed by atoms with Gasteiger partial charge in [-0.1, -0.05) is 60.1 Å². The zero-order valence-corrected chi connectivity index (χ0v) is 23.4. The Morgan fingerprint density at radius 2 is 1.68 bits per heavy atom. The Labute approximate surface area is 230 Å².